The average molecular weight is 391 g/mol. The average Bonchev–Trinajstić information content (AvgIpc) is 3.19. The molecule has 0 atom stereocenters. The molecule has 0 spiro atoms. The number of nitrogens with zero attached hydrogens (tertiary/aromatic N) is 1. The first-order valence-corrected chi connectivity index (χ1v) is 10.2. The van der Waals surface area contributed by atoms with Crippen LogP contribution in [0.1, 0.15) is 18.4 Å². The van der Waals surface area contributed by atoms with Crippen molar-refractivity contribution in [2.24, 2.45) is 0 Å². The quantitative estimate of drug-likeness (QED) is 0.794. The van der Waals surface area contributed by atoms with Gasteiger partial charge in [-0.2, -0.15) is 4.31 Å². The van der Waals surface area contributed by atoms with E-state index in [1.165, 1.54) is 22.5 Å². The molecule has 0 bridgehead atoms. The molecular formula is C19H22FN3O3S. The number of carbonyl (C=O) groups excluding carboxylic acids is 1. The summed E-state index contributed by atoms with van der Waals surface area (Å²) >= 11 is 0. The third-order valence-corrected chi connectivity index (χ3v) is 6.38. The number of amides is 1. The molecule has 0 radical (unpaired) electrons. The lowest BCUT2D eigenvalue weighted by Crippen LogP contribution is -2.27. The summed E-state index contributed by atoms with van der Waals surface area (Å²) in [6.07, 6.45) is 1.76. The first-order valence-electron chi connectivity index (χ1n) is 8.76. The first kappa shape index (κ1) is 19.3. The van der Waals surface area contributed by atoms with Crippen LogP contribution in [0, 0.1) is 12.7 Å². The minimum absolute atomic E-state index is 0.0314. The molecule has 3 rings (SSSR count). The highest BCUT2D eigenvalue weighted by molar-refractivity contribution is 7.89. The molecule has 1 heterocycles. The van der Waals surface area contributed by atoms with E-state index >= 15 is 0 Å². The number of anilines is 2. The van der Waals surface area contributed by atoms with Gasteiger partial charge in [0, 0.05) is 24.5 Å². The topological polar surface area (TPSA) is 78.5 Å². The Balaban J connectivity index is 1.57. The van der Waals surface area contributed by atoms with E-state index in [9.17, 15) is 17.6 Å². The molecule has 1 fully saturated rings. The van der Waals surface area contributed by atoms with Crippen LogP contribution in [0.25, 0.3) is 0 Å². The van der Waals surface area contributed by atoms with Gasteiger partial charge in [0.25, 0.3) is 0 Å². The zero-order valence-electron chi connectivity index (χ0n) is 15.0. The minimum Gasteiger partial charge on any atom is -0.376 e. The molecular weight excluding hydrogens is 369 g/mol. The Labute approximate surface area is 158 Å². The van der Waals surface area contributed by atoms with Crippen molar-refractivity contribution in [1.82, 2.24) is 4.31 Å². The van der Waals surface area contributed by atoms with Crippen molar-refractivity contribution in [3.05, 3.63) is 53.8 Å². The smallest absolute Gasteiger partial charge is 0.243 e. The summed E-state index contributed by atoms with van der Waals surface area (Å²) in [6, 6.07) is 10.8. The SMILES string of the molecule is Cc1ccc(NCC(=O)Nc2ccc(S(=O)(=O)N3CCCC3)cc2)cc1F. The zero-order chi connectivity index (χ0) is 19.4. The van der Waals surface area contributed by atoms with Crippen LogP contribution in [-0.2, 0) is 14.8 Å². The second kappa shape index (κ2) is 8.06. The van der Waals surface area contributed by atoms with Crippen LogP contribution in [-0.4, -0.2) is 38.3 Å². The number of halogens is 1. The molecule has 144 valence electrons. The molecule has 1 amide bonds. The van der Waals surface area contributed by atoms with E-state index in [1.54, 1.807) is 31.2 Å². The van der Waals surface area contributed by atoms with E-state index in [0.717, 1.165) is 12.8 Å². The monoisotopic (exact) mass is 391 g/mol. The van der Waals surface area contributed by atoms with Crippen molar-refractivity contribution in [2.75, 3.05) is 30.3 Å². The van der Waals surface area contributed by atoms with E-state index < -0.39 is 10.0 Å². The fourth-order valence-corrected chi connectivity index (χ4v) is 4.40. The zero-order valence-corrected chi connectivity index (χ0v) is 15.9. The first-order chi connectivity index (χ1) is 12.9. The van der Waals surface area contributed by atoms with Crippen molar-refractivity contribution >= 4 is 27.3 Å². The summed E-state index contributed by atoms with van der Waals surface area (Å²) in [6.45, 7) is 2.73. The highest BCUT2D eigenvalue weighted by Gasteiger charge is 2.26. The molecule has 1 saturated heterocycles. The van der Waals surface area contributed by atoms with Gasteiger partial charge in [-0.05, 0) is 61.7 Å². The minimum atomic E-state index is -3.47. The number of hydrogen-bond acceptors (Lipinski definition) is 4. The Morgan fingerprint density at radius 3 is 2.33 bits per heavy atom. The third kappa shape index (κ3) is 4.64. The Hall–Kier alpha value is -2.45. The van der Waals surface area contributed by atoms with Gasteiger partial charge in [0.05, 0.1) is 11.4 Å². The van der Waals surface area contributed by atoms with Crippen LogP contribution >= 0.6 is 0 Å². The molecule has 2 N–H and O–H groups in total. The van der Waals surface area contributed by atoms with Gasteiger partial charge >= 0.3 is 0 Å². The molecule has 0 aromatic heterocycles. The number of carbonyl (C=O) groups is 1. The van der Waals surface area contributed by atoms with Gasteiger partial charge in [-0.15, -0.1) is 0 Å². The molecule has 2 aromatic carbocycles. The highest BCUT2D eigenvalue weighted by atomic mass is 32.2. The molecule has 1 aliphatic rings. The summed E-state index contributed by atoms with van der Waals surface area (Å²) in [5.74, 6) is -0.652. The molecule has 27 heavy (non-hydrogen) atoms. The molecule has 8 heteroatoms. The van der Waals surface area contributed by atoms with E-state index in [0.29, 0.717) is 30.0 Å². The van der Waals surface area contributed by atoms with E-state index in [2.05, 4.69) is 10.6 Å². The van der Waals surface area contributed by atoms with Crippen LogP contribution < -0.4 is 10.6 Å². The van der Waals surface area contributed by atoms with Crippen LogP contribution in [0.15, 0.2) is 47.4 Å². The van der Waals surface area contributed by atoms with Crippen molar-refractivity contribution in [3.63, 3.8) is 0 Å². The maximum absolute atomic E-state index is 13.5. The number of sulfonamides is 1. The number of benzene rings is 2. The Morgan fingerprint density at radius 1 is 1.07 bits per heavy atom. The molecule has 0 unspecified atom stereocenters. The largest absolute Gasteiger partial charge is 0.376 e. The summed E-state index contributed by atoms with van der Waals surface area (Å²) in [5, 5.41) is 5.53. The maximum Gasteiger partial charge on any atom is 0.243 e. The van der Waals surface area contributed by atoms with E-state index in [4.69, 9.17) is 0 Å². The lowest BCUT2D eigenvalue weighted by molar-refractivity contribution is -0.114. The second-order valence-electron chi connectivity index (χ2n) is 6.50. The lowest BCUT2D eigenvalue weighted by Gasteiger charge is -2.15. The predicted molar refractivity (Wildman–Crippen MR) is 103 cm³/mol. The summed E-state index contributed by atoms with van der Waals surface area (Å²) < 4.78 is 39.9. The maximum atomic E-state index is 13.5. The number of hydrogen-bond donors (Lipinski definition) is 2. The van der Waals surface area contributed by atoms with Crippen molar-refractivity contribution in [3.8, 4) is 0 Å². The van der Waals surface area contributed by atoms with Crippen LogP contribution in [0.4, 0.5) is 15.8 Å². The standard InChI is InChI=1S/C19H22FN3O3S/c1-14-4-5-16(12-18(14)20)21-13-19(24)22-15-6-8-17(9-7-15)27(25,26)23-10-2-3-11-23/h4-9,12,21H,2-3,10-11,13H2,1H3,(H,22,24). The van der Waals surface area contributed by atoms with E-state index in [1.807, 2.05) is 0 Å². The van der Waals surface area contributed by atoms with E-state index in [-0.39, 0.29) is 23.2 Å². The van der Waals surface area contributed by atoms with Gasteiger partial charge in [0.1, 0.15) is 5.82 Å². The van der Waals surface area contributed by atoms with Crippen LogP contribution in [0.3, 0.4) is 0 Å². The van der Waals surface area contributed by atoms with Crippen LogP contribution in [0.2, 0.25) is 0 Å². The predicted octanol–water partition coefficient (Wildman–Crippen LogP) is 2.97. The van der Waals surface area contributed by atoms with Gasteiger partial charge in [0.15, 0.2) is 0 Å². The van der Waals surface area contributed by atoms with Gasteiger partial charge in [0.2, 0.25) is 15.9 Å². The molecule has 1 aliphatic heterocycles. The summed E-state index contributed by atoms with van der Waals surface area (Å²) in [4.78, 5) is 12.3. The fourth-order valence-electron chi connectivity index (χ4n) is 2.88. The Bertz CT molecular complexity index is 924. The van der Waals surface area contributed by atoms with Crippen LogP contribution in [0.5, 0.6) is 0 Å². The summed E-state index contributed by atoms with van der Waals surface area (Å²) in [7, 11) is -3.47. The fraction of sp³-hybridized carbons (Fsp3) is 0.316. The normalized spacial score (nSPS) is 14.9. The second-order valence-corrected chi connectivity index (χ2v) is 8.44. The molecule has 0 aliphatic carbocycles. The molecule has 6 nitrogen and oxygen atoms in total. The van der Waals surface area contributed by atoms with Crippen molar-refractivity contribution in [1.29, 1.82) is 0 Å². The van der Waals surface area contributed by atoms with Crippen molar-refractivity contribution in [2.45, 2.75) is 24.7 Å². The summed E-state index contributed by atoms with van der Waals surface area (Å²) in [5.41, 5.74) is 1.55. The Morgan fingerprint density at radius 2 is 1.70 bits per heavy atom. The van der Waals surface area contributed by atoms with Gasteiger partial charge in [-0.25, -0.2) is 12.8 Å². The molecule has 2 aromatic rings. The third-order valence-electron chi connectivity index (χ3n) is 4.47. The number of aryl methyl sites for hydroxylation is 1. The van der Waals surface area contributed by atoms with Gasteiger partial charge < -0.3 is 10.6 Å². The molecule has 0 saturated carbocycles. The highest BCUT2D eigenvalue weighted by Crippen LogP contribution is 2.22. The van der Waals surface area contributed by atoms with Crippen molar-refractivity contribution < 1.29 is 17.6 Å². The van der Waals surface area contributed by atoms with Gasteiger partial charge in [-0.1, -0.05) is 6.07 Å². The lowest BCUT2D eigenvalue weighted by atomic mass is 10.2. The number of rotatable bonds is 6. The number of nitrogens with one attached hydrogen (secondary N) is 2. The van der Waals surface area contributed by atoms with Gasteiger partial charge in [-0.3, -0.25) is 4.79 Å². The Kier molecular flexibility index (Phi) is 5.76.